The number of amides is 2. The smallest absolute Gasteiger partial charge is 0.319 e. The number of anilines is 1. The summed E-state index contributed by atoms with van der Waals surface area (Å²) in [6.45, 7) is 1.56. The van der Waals surface area contributed by atoms with Crippen LogP contribution in [-0.2, 0) is 4.74 Å². The zero-order valence-electron chi connectivity index (χ0n) is 19.6. The Hall–Kier alpha value is -2.99. The number of nitrogens with one attached hydrogen (secondary N) is 2. The van der Waals surface area contributed by atoms with E-state index in [-0.39, 0.29) is 12.1 Å². The first-order valence-corrected chi connectivity index (χ1v) is 12.8. The fraction of sp³-hybridized carbons (Fsp3) is 0.464. The van der Waals surface area contributed by atoms with Crippen LogP contribution in [0.15, 0.2) is 48.5 Å². The third-order valence-electron chi connectivity index (χ3n) is 7.60. The lowest BCUT2D eigenvalue weighted by molar-refractivity contribution is 0.0256. The molecule has 34 heavy (non-hydrogen) atoms. The summed E-state index contributed by atoms with van der Waals surface area (Å²) < 4.78 is 14.3. The van der Waals surface area contributed by atoms with E-state index < -0.39 is 0 Å². The predicted octanol–water partition coefficient (Wildman–Crippen LogP) is 6.27. The summed E-state index contributed by atoms with van der Waals surface area (Å²) in [5.41, 5.74) is 4.46. The maximum absolute atomic E-state index is 12.2. The van der Waals surface area contributed by atoms with Crippen molar-refractivity contribution in [2.45, 2.75) is 69.6 Å². The number of benzene rings is 2. The van der Waals surface area contributed by atoms with Crippen molar-refractivity contribution in [1.29, 1.82) is 0 Å². The SMILES string of the molecule is O=C(Nc1ccc(-c2cc3ccc(OC4CCOCC4)cc3n2C2CCC2)cc1)NC1CCC1. The Morgan fingerprint density at radius 3 is 2.35 bits per heavy atom. The molecule has 0 spiro atoms. The van der Waals surface area contributed by atoms with Gasteiger partial charge in [-0.2, -0.15) is 0 Å². The van der Waals surface area contributed by atoms with E-state index in [1.165, 1.54) is 47.8 Å². The number of aromatic nitrogens is 1. The third kappa shape index (κ3) is 4.39. The monoisotopic (exact) mass is 459 g/mol. The highest BCUT2D eigenvalue weighted by atomic mass is 16.5. The number of rotatable bonds is 6. The van der Waals surface area contributed by atoms with Crippen LogP contribution < -0.4 is 15.4 Å². The van der Waals surface area contributed by atoms with Crippen molar-refractivity contribution in [2.75, 3.05) is 18.5 Å². The molecule has 0 radical (unpaired) electrons. The van der Waals surface area contributed by atoms with Gasteiger partial charge < -0.3 is 24.7 Å². The lowest BCUT2D eigenvalue weighted by atomic mass is 9.92. The molecule has 2 saturated carbocycles. The molecule has 3 aliphatic rings. The van der Waals surface area contributed by atoms with Crippen LogP contribution in [-0.4, -0.2) is 36.0 Å². The average Bonchev–Trinajstić information content (AvgIpc) is 3.15. The second kappa shape index (κ2) is 9.34. The van der Waals surface area contributed by atoms with Gasteiger partial charge >= 0.3 is 6.03 Å². The summed E-state index contributed by atoms with van der Waals surface area (Å²) in [6.07, 6.45) is 9.21. The summed E-state index contributed by atoms with van der Waals surface area (Å²) in [7, 11) is 0. The molecule has 178 valence electrons. The largest absolute Gasteiger partial charge is 0.490 e. The van der Waals surface area contributed by atoms with E-state index in [2.05, 4.69) is 51.6 Å². The Labute approximate surface area is 200 Å². The average molecular weight is 460 g/mol. The molecular weight excluding hydrogens is 426 g/mol. The molecule has 3 fully saturated rings. The molecular formula is C28H33N3O3. The molecule has 1 aliphatic heterocycles. The second-order valence-corrected chi connectivity index (χ2v) is 9.94. The zero-order valence-corrected chi connectivity index (χ0v) is 19.6. The van der Waals surface area contributed by atoms with E-state index in [1.807, 2.05) is 12.1 Å². The standard InChI is InChI=1S/C28H33N3O3/c32-28(29-21-3-1-4-21)30-22-10-7-19(8-11-22)26-17-20-9-12-25(34-24-13-15-33-16-14-24)18-27(20)31(26)23-5-2-6-23/h7-12,17-18,21,23-24H,1-6,13-16H2,(H2,29,30,32). The topological polar surface area (TPSA) is 64.5 Å². The summed E-state index contributed by atoms with van der Waals surface area (Å²) in [5.74, 6) is 0.946. The van der Waals surface area contributed by atoms with Crippen LogP contribution in [0.2, 0.25) is 0 Å². The summed E-state index contributed by atoms with van der Waals surface area (Å²) in [4.78, 5) is 12.2. The molecule has 2 aromatic carbocycles. The Bertz CT molecular complexity index is 1160. The molecule has 3 aromatic rings. The van der Waals surface area contributed by atoms with Gasteiger partial charge in [-0.05, 0) is 74.4 Å². The van der Waals surface area contributed by atoms with E-state index >= 15 is 0 Å². The number of hydrogen-bond donors (Lipinski definition) is 2. The van der Waals surface area contributed by atoms with E-state index in [4.69, 9.17) is 9.47 Å². The third-order valence-corrected chi connectivity index (χ3v) is 7.60. The number of ether oxygens (including phenoxy) is 2. The maximum atomic E-state index is 12.2. The van der Waals surface area contributed by atoms with E-state index in [0.29, 0.717) is 12.1 Å². The highest BCUT2D eigenvalue weighted by Gasteiger charge is 2.25. The van der Waals surface area contributed by atoms with Gasteiger partial charge in [0.05, 0.1) is 18.7 Å². The van der Waals surface area contributed by atoms with Gasteiger partial charge in [-0.1, -0.05) is 12.1 Å². The van der Waals surface area contributed by atoms with Crippen molar-refractivity contribution >= 4 is 22.6 Å². The second-order valence-electron chi connectivity index (χ2n) is 9.94. The molecule has 6 heteroatoms. The lowest BCUT2D eigenvalue weighted by Crippen LogP contribution is -2.41. The molecule has 6 nitrogen and oxygen atoms in total. The van der Waals surface area contributed by atoms with Crippen LogP contribution in [0.4, 0.5) is 10.5 Å². The number of urea groups is 1. The van der Waals surface area contributed by atoms with Crippen molar-refractivity contribution in [3.05, 3.63) is 48.5 Å². The van der Waals surface area contributed by atoms with E-state index in [1.54, 1.807) is 0 Å². The van der Waals surface area contributed by atoms with Gasteiger partial charge in [0.2, 0.25) is 0 Å². The number of hydrogen-bond acceptors (Lipinski definition) is 3. The summed E-state index contributed by atoms with van der Waals surface area (Å²) >= 11 is 0. The number of carbonyl (C=O) groups is 1. The van der Waals surface area contributed by atoms with Crippen LogP contribution >= 0.6 is 0 Å². The van der Waals surface area contributed by atoms with Gasteiger partial charge in [0.25, 0.3) is 0 Å². The summed E-state index contributed by atoms with van der Waals surface area (Å²) in [6, 6.07) is 17.8. The number of carbonyl (C=O) groups excluding carboxylic acids is 1. The van der Waals surface area contributed by atoms with Gasteiger partial charge in [-0.25, -0.2) is 4.79 Å². The first-order chi connectivity index (χ1) is 16.7. The molecule has 1 saturated heterocycles. The molecule has 2 heterocycles. The van der Waals surface area contributed by atoms with Crippen molar-refractivity contribution in [3.63, 3.8) is 0 Å². The fourth-order valence-electron chi connectivity index (χ4n) is 5.15. The van der Waals surface area contributed by atoms with Crippen LogP contribution in [0.25, 0.3) is 22.2 Å². The highest BCUT2D eigenvalue weighted by Crippen LogP contribution is 2.41. The van der Waals surface area contributed by atoms with Gasteiger partial charge in [0.15, 0.2) is 0 Å². The number of nitrogens with zero attached hydrogens (tertiary/aromatic N) is 1. The quantitative estimate of drug-likeness (QED) is 0.457. The lowest BCUT2D eigenvalue weighted by Gasteiger charge is -2.30. The normalized spacial score (nSPS) is 19.4. The highest BCUT2D eigenvalue weighted by molar-refractivity contribution is 5.91. The minimum absolute atomic E-state index is 0.113. The molecule has 0 bridgehead atoms. The molecule has 0 atom stereocenters. The predicted molar refractivity (Wildman–Crippen MR) is 135 cm³/mol. The van der Waals surface area contributed by atoms with Crippen LogP contribution in [0, 0.1) is 0 Å². The molecule has 2 amide bonds. The number of fused-ring (bicyclic) bond motifs is 1. The first kappa shape index (κ1) is 21.5. The maximum Gasteiger partial charge on any atom is 0.319 e. The van der Waals surface area contributed by atoms with Crippen LogP contribution in [0.5, 0.6) is 5.75 Å². The minimum atomic E-state index is -0.113. The van der Waals surface area contributed by atoms with Gasteiger partial charge in [-0.15, -0.1) is 0 Å². The Kier molecular flexibility index (Phi) is 5.91. The van der Waals surface area contributed by atoms with Crippen molar-refractivity contribution in [3.8, 4) is 17.0 Å². The van der Waals surface area contributed by atoms with E-state index in [0.717, 1.165) is 50.3 Å². The van der Waals surface area contributed by atoms with Gasteiger partial charge in [-0.3, -0.25) is 0 Å². The first-order valence-electron chi connectivity index (χ1n) is 12.8. The molecule has 0 unspecified atom stereocenters. The fourth-order valence-corrected chi connectivity index (χ4v) is 5.15. The summed E-state index contributed by atoms with van der Waals surface area (Å²) in [5, 5.41) is 7.24. The zero-order chi connectivity index (χ0) is 22.9. The molecule has 1 aromatic heterocycles. The van der Waals surface area contributed by atoms with Crippen LogP contribution in [0.1, 0.15) is 57.4 Å². The van der Waals surface area contributed by atoms with Crippen molar-refractivity contribution in [1.82, 2.24) is 9.88 Å². The van der Waals surface area contributed by atoms with Gasteiger partial charge in [0.1, 0.15) is 11.9 Å². The molecule has 6 rings (SSSR count). The van der Waals surface area contributed by atoms with Crippen molar-refractivity contribution < 1.29 is 14.3 Å². The Morgan fingerprint density at radius 1 is 0.912 bits per heavy atom. The van der Waals surface area contributed by atoms with Gasteiger partial charge in [0, 0.05) is 47.8 Å². The molecule has 2 aliphatic carbocycles. The molecule has 2 N–H and O–H groups in total. The van der Waals surface area contributed by atoms with E-state index in [9.17, 15) is 4.79 Å². The minimum Gasteiger partial charge on any atom is -0.490 e. The Balaban J connectivity index is 1.25. The Morgan fingerprint density at radius 2 is 1.68 bits per heavy atom. The van der Waals surface area contributed by atoms with Crippen LogP contribution in [0.3, 0.4) is 0 Å². The van der Waals surface area contributed by atoms with Crippen molar-refractivity contribution in [2.24, 2.45) is 0 Å².